The Balaban J connectivity index is 2.05. The highest BCUT2D eigenvalue weighted by atomic mass is 32.2. The minimum absolute atomic E-state index is 0.580. The van der Waals surface area contributed by atoms with E-state index in [0.717, 1.165) is 42.5 Å². The largest absolute Gasteiger partial charge is 0.494 e. The second-order valence-corrected chi connectivity index (χ2v) is 4.88. The summed E-state index contributed by atoms with van der Waals surface area (Å²) in [4.78, 5) is 0. The SMILES string of the molecule is COCCSCCCOc1ccc(CN)cc1. The number of hydrogen-bond donors (Lipinski definition) is 1. The topological polar surface area (TPSA) is 44.5 Å². The lowest BCUT2D eigenvalue weighted by Gasteiger charge is -2.06. The summed E-state index contributed by atoms with van der Waals surface area (Å²) in [6.07, 6.45) is 1.06. The Morgan fingerprint density at radius 3 is 2.53 bits per heavy atom. The summed E-state index contributed by atoms with van der Waals surface area (Å²) in [5.41, 5.74) is 6.66. The molecule has 0 saturated carbocycles. The molecule has 1 aromatic rings. The van der Waals surface area contributed by atoms with Gasteiger partial charge in [-0.2, -0.15) is 11.8 Å². The highest BCUT2D eigenvalue weighted by Crippen LogP contribution is 2.12. The van der Waals surface area contributed by atoms with Gasteiger partial charge in [0.25, 0.3) is 0 Å². The van der Waals surface area contributed by atoms with Crippen LogP contribution in [0, 0.1) is 0 Å². The Morgan fingerprint density at radius 1 is 1.12 bits per heavy atom. The fourth-order valence-corrected chi connectivity index (χ4v) is 2.13. The molecule has 1 rings (SSSR count). The Hall–Kier alpha value is -0.710. The molecule has 3 nitrogen and oxygen atoms in total. The van der Waals surface area contributed by atoms with Gasteiger partial charge in [0.15, 0.2) is 0 Å². The molecular weight excluding hydrogens is 234 g/mol. The van der Waals surface area contributed by atoms with E-state index in [2.05, 4.69) is 0 Å². The van der Waals surface area contributed by atoms with Crippen LogP contribution in [0.3, 0.4) is 0 Å². The fraction of sp³-hybridized carbons (Fsp3) is 0.538. The van der Waals surface area contributed by atoms with Gasteiger partial charge in [0.05, 0.1) is 13.2 Å². The number of rotatable bonds is 9. The van der Waals surface area contributed by atoms with Gasteiger partial charge < -0.3 is 15.2 Å². The Kier molecular flexibility index (Phi) is 7.88. The van der Waals surface area contributed by atoms with Crippen molar-refractivity contribution in [2.24, 2.45) is 5.73 Å². The Morgan fingerprint density at radius 2 is 1.88 bits per heavy atom. The van der Waals surface area contributed by atoms with E-state index in [1.54, 1.807) is 7.11 Å². The molecule has 0 aromatic heterocycles. The molecule has 0 spiro atoms. The number of methoxy groups -OCH3 is 1. The summed E-state index contributed by atoms with van der Waals surface area (Å²) in [6.45, 7) is 2.17. The molecule has 0 saturated heterocycles. The van der Waals surface area contributed by atoms with Crippen LogP contribution in [0.5, 0.6) is 5.75 Å². The third kappa shape index (κ3) is 6.56. The van der Waals surface area contributed by atoms with E-state index < -0.39 is 0 Å². The van der Waals surface area contributed by atoms with E-state index in [1.165, 1.54) is 0 Å². The monoisotopic (exact) mass is 255 g/mol. The molecule has 0 amide bonds. The van der Waals surface area contributed by atoms with Crippen LogP contribution in [0.15, 0.2) is 24.3 Å². The molecule has 0 aliphatic heterocycles. The van der Waals surface area contributed by atoms with Crippen LogP contribution < -0.4 is 10.5 Å². The molecule has 0 fully saturated rings. The minimum atomic E-state index is 0.580. The number of ether oxygens (including phenoxy) is 2. The van der Waals surface area contributed by atoms with Crippen molar-refractivity contribution in [1.29, 1.82) is 0 Å². The Labute approximate surface area is 108 Å². The molecule has 1 aromatic carbocycles. The minimum Gasteiger partial charge on any atom is -0.494 e. The molecule has 17 heavy (non-hydrogen) atoms. The third-order valence-corrected chi connectivity index (χ3v) is 3.33. The van der Waals surface area contributed by atoms with Crippen molar-refractivity contribution in [1.82, 2.24) is 0 Å². The van der Waals surface area contributed by atoms with Crippen LogP contribution in [-0.2, 0) is 11.3 Å². The first kappa shape index (κ1) is 14.4. The molecule has 2 N–H and O–H groups in total. The third-order valence-electron chi connectivity index (χ3n) is 2.29. The van der Waals surface area contributed by atoms with Crippen LogP contribution in [0.2, 0.25) is 0 Å². The molecule has 0 atom stereocenters. The maximum absolute atomic E-state index is 5.63. The van der Waals surface area contributed by atoms with Gasteiger partial charge in [-0.1, -0.05) is 12.1 Å². The first-order valence-electron chi connectivity index (χ1n) is 5.85. The lowest BCUT2D eigenvalue weighted by Crippen LogP contribution is -2.01. The van der Waals surface area contributed by atoms with E-state index in [0.29, 0.717) is 6.54 Å². The zero-order valence-corrected chi connectivity index (χ0v) is 11.2. The average molecular weight is 255 g/mol. The maximum Gasteiger partial charge on any atom is 0.119 e. The molecule has 0 unspecified atom stereocenters. The highest BCUT2D eigenvalue weighted by Gasteiger charge is 1.95. The zero-order chi connectivity index (χ0) is 12.3. The van der Waals surface area contributed by atoms with Crippen LogP contribution in [-0.4, -0.2) is 31.8 Å². The second kappa shape index (κ2) is 9.33. The molecule has 0 bridgehead atoms. The summed E-state index contributed by atoms with van der Waals surface area (Å²) < 4.78 is 10.6. The molecule has 0 aliphatic rings. The second-order valence-electron chi connectivity index (χ2n) is 3.66. The summed E-state index contributed by atoms with van der Waals surface area (Å²) >= 11 is 1.90. The quantitative estimate of drug-likeness (QED) is 0.688. The van der Waals surface area contributed by atoms with Gasteiger partial charge >= 0.3 is 0 Å². The summed E-state index contributed by atoms with van der Waals surface area (Å²) in [5, 5.41) is 0. The fourth-order valence-electron chi connectivity index (χ4n) is 1.32. The van der Waals surface area contributed by atoms with Crippen molar-refractivity contribution in [2.75, 3.05) is 31.8 Å². The van der Waals surface area contributed by atoms with Crippen molar-refractivity contribution >= 4 is 11.8 Å². The highest BCUT2D eigenvalue weighted by molar-refractivity contribution is 7.99. The summed E-state index contributed by atoms with van der Waals surface area (Å²) in [5.74, 6) is 3.09. The normalized spacial score (nSPS) is 10.5. The van der Waals surface area contributed by atoms with Gasteiger partial charge in [-0.15, -0.1) is 0 Å². The van der Waals surface area contributed by atoms with Gasteiger partial charge in [0.2, 0.25) is 0 Å². The van der Waals surface area contributed by atoms with Gasteiger partial charge in [-0.25, -0.2) is 0 Å². The number of benzene rings is 1. The van der Waals surface area contributed by atoms with Crippen molar-refractivity contribution in [3.8, 4) is 5.75 Å². The van der Waals surface area contributed by atoms with Gasteiger partial charge in [0.1, 0.15) is 5.75 Å². The Bertz CT molecular complexity index is 290. The van der Waals surface area contributed by atoms with Crippen molar-refractivity contribution in [2.45, 2.75) is 13.0 Å². The zero-order valence-electron chi connectivity index (χ0n) is 10.4. The molecule has 0 heterocycles. The smallest absolute Gasteiger partial charge is 0.119 e. The van der Waals surface area contributed by atoms with Crippen LogP contribution in [0.25, 0.3) is 0 Å². The molecular formula is C13H21NO2S. The number of nitrogens with two attached hydrogens (primary N) is 1. The summed E-state index contributed by atoms with van der Waals surface area (Å²) in [7, 11) is 1.73. The molecule has 4 heteroatoms. The number of thioether (sulfide) groups is 1. The lowest BCUT2D eigenvalue weighted by molar-refractivity contribution is 0.218. The van der Waals surface area contributed by atoms with Crippen molar-refractivity contribution in [3.63, 3.8) is 0 Å². The molecule has 0 radical (unpaired) electrons. The van der Waals surface area contributed by atoms with E-state index >= 15 is 0 Å². The van der Waals surface area contributed by atoms with Gasteiger partial charge in [0, 0.05) is 19.4 Å². The van der Waals surface area contributed by atoms with Crippen molar-refractivity contribution in [3.05, 3.63) is 29.8 Å². The van der Waals surface area contributed by atoms with E-state index in [1.807, 2.05) is 36.0 Å². The first-order chi connectivity index (χ1) is 8.36. The summed E-state index contributed by atoms with van der Waals surface area (Å²) in [6, 6.07) is 7.95. The van der Waals surface area contributed by atoms with E-state index in [9.17, 15) is 0 Å². The van der Waals surface area contributed by atoms with Gasteiger partial charge in [-0.3, -0.25) is 0 Å². The number of hydrogen-bond acceptors (Lipinski definition) is 4. The van der Waals surface area contributed by atoms with E-state index in [-0.39, 0.29) is 0 Å². The molecule has 0 aliphatic carbocycles. The van der Waals surface area contributed by atoms with Gasteiger partial charge in [-0.05, 0) is 29.9 Å². The predicted molar refractivity (Wildman–Crippen MR) is 73.6 cm³/mol. The predicted octanol–water partition coefficient (Wildman–Crippen LogP) is 2.29. The van der Waals surface area contributed by atoms with E-state index in [4.69, 9.17) is 15.2 Å². The molecule has 96 valence electrons. The van der Waals surface area contributed by atoms with Crippen molar-refractivity contribution < 1.29 is 9.47 Å². The first-order valence-corrected chi connectivity index (χ1v) is 7.00. The van der Waals surface area contributed by atoms with Crippen LogP contribution in [0.4, 0.5) is 0 Å². The van der Waals surface area contributed by atoms with Crippen LogP contribution >= 0.6 is 11.8 Å². The van der Waals surface area contributed by atoms with Crippen LogP contribution in [0.1, 0.15) is 12.0 Å². The standard InChI is InChI=1S/C13H21NO2S/c1-15-8-10-17-9-2-7-16-13-5-3-12(11-14)4-6-13/h3-6H,2,7-11,14H2,1H3. The average Bonchev–Trinajstić information content (AvgIpc) is 2.38. The maximum atomic E-state index is 5.63. The lowest BCUT2D eigenvalue weighted by atomic mass is 10.2.